The van der Waals surface area contributed by atoms with Crippen LogP contribution in [0.25, 0.3) is 0 Å². The number of esters is 3. The molecule has 0 aliphatic heterocycles. The minimum absolute atomic E-state index is 0.0692. The molecule has 0 N–H and O–H groups in total. The van der Waals surface area contributed by atoms with Gasteiger partial charge in [-0.3, -0.25) is 14.4 Å². The third kappa shape index (κ3) is 66.3. The Kier molecular flexibility index (Phi) is 66.1. The topological polar surface area (TPSA) is 78.9 Å². The summed E-state index contributed by atoms with van der Waals surface area (Å²) in [5.74, 6) is -0.850. The van der Waals surface area contributed by atoms with E-state index in [1.165, 1.54) is 283 Å². The summed E-state index contributed by atoms with van der Waals surface area (Å²) in [5, 5.41) is 0. The van der Waals surface area contributed by atoms with Crippen molar-refractivity contribution in [1.29, 1.82) is 0 Å². The third-order valence-corrected chi connectivity index (χ3v) is 16.1. The quantitative estimate of drug-likeness (QED) is 0.0261. The van der Waals surface area contributed by atoms with Crippen molar-refractivity contribution >= 4 is 17.9 Å². The average molecular weight is 1110 g/mol. The SMILES string of the molecule is CCCCCCC/C=C\C/C=C\CCCCCCCCCCCCCCCCCCCCCCCC(=O)OCC(COC(=O)CCCCCCCCCCCCCCCC)OC(=O)CCCCCCC/C=C\CCCCCCC. The number of allylic oxidation sites excluding steroid dienone is 6. The van der Waals surface area contributed by atoms with E-state index in [4.69, 9.17) is 14.2 Å². The van der Waals surface area contributed by atoms with Gasteiger partial charge in [-0.05, 0) is 77.0 Å². The molecule has 0 radical (unpaired) electrons. The van der Waals surface area contributed by atoms with Gasteiger partial charge in [0.2, 0.25) is 0 Å². The van der Waals surface area contributed by atoms with Gasteiger partial charge in [-0.2, -0.15) is 0 Å². The molecule has 0 heterocycles. The monoisotopic (exact) mass is 1110 g/mol. The molecule has 79 heavy (non-hydrogen) atoms. The Morgan fingerprint density at radius 3 is 0.709 bits per heavy atom. The van der Waals surface area contributed by atoms with Crippen molar-refractivity contribution in [3.63, 3.8) is 0 Å². The van der Waals surface area contributed by atoms with Gasteiger partial charge < -0.3 is 14.2 Å². The molecule has 0 aliphatic carbocycles. The van der Waals surface area contributed by atoms with Crippen molar-refractivity contribution < 1.29 is 28.6 Å². The summed E-state index contributed by atoms with van der Waals surface area (Å²) in [5.41, 5.74) is 0. The number of hydrogen-bond acceptors (Lipinski definition) is 6. The van der Waals surface area contributed by atoms with Crippen molar-refractivity contribution in [2.24, 2.45) is 0 Å². The summed E-state index contributed by atoms with van der Waals surface area (Å²) < 4.78 is 17.0. The standard InChI is InChI=1S/C73H136O6/c1-4-7-10-13-16-19-22-25-28-29-30-31-32-33-34-35-36-37-38-39-40-41-42-43-44-45-46-49-51-54-57-60-63-66-72(75)78-69-70(79-73(76)67-64-61-58-55-52-48-27-24-21-18-15-12-9-6-3)68-77-71(74)65-62-59-56-53-50-47-26-23-20-17-14-11-8-5-2/h22,24-25,27,29-30,70H,4-21,23,26,28,31-69H2,1-3H3/b25-22-,27-24-,30-29-. The lowest BCUT2D eigenvalue weighted by molar-refractivity contribution is -0.167. The molecule has 0 bridgehead atoms. The molecule has 0 amide bonds. The van der Waals surface area contributed by atoms with E-state index >= 15 is 0 Å². The van der Waals surface area contributed by atoms with E-state index in [9.17, 15) is 14.4 Å². The van der Waals surface area contributed by atoms with Crippen molar-refractivity contribution in [2.45, 2.75) is 399 Å². The van der Waals surface area contributed by atoms with Crippen LogP contribution < -0.4 is 0 Å². The molecule has 1 unspecified atom stereocenters. The van der Waals surface area contributed by atoms with E-state index in [-0.39, 0.29) is 31.1 Å². The maximum Gasteiger partial charge on any atom is 0.306 e. The molecular weight excluding hydrogens is 973 g/mol. The van der Waals surface area contributed by atoms with Crippen molar-refractivity contribution in [2.75, 3.05) is 13.2 Å². The van der Waals surface area contributed by atoms with E-state index < -0.39 is 6.10 Å². The van der Waals surface area contributed by atoms with Crippen LogP contribution in [-0.2, 0) is 28.6 Å². The Bertz CT molecular complexity index is 1320. The minimum Gasteiger partial charge on any atom is -0.462 e. The van der Waals surface area contributed by atoms with Gasteiger partial charge in [0.25, 0.3) is 0 Å². The fourth-order valence-electron chi connectivity index (χ4n) is 10.8. The van der Waals surface area contributed by atoms with Crippen LogP contribution in [0, 0.1) is 0 Å². The second kappa shape index (κ2) is 68.1. The van der Waals surface area contributed by atoms with Crippen LogP contribution in [0.4, 0.5) is 0 Å². The van der Waals surface area contributed by atoms with Gasteiger partial charge in [0.05, 0.1) is 0 Å². The highest BCUT2D eigenvalue weighted by Crippen LogP contribution is 2.18. The lowest BCUT2D eigenvalue weighted by Gasteiger charge is -2.18. The summed E-state index contributed by atoms with van der Waals surface area (Å²) in [6.07, 6.45) is 84.7. The second-order valence-corrected chi connectivity index (χ2v) is 24.1. The molecule has 0 aromatic rings. The van der Waals surface area contributed by atoms with Gasteiger partial charge in [-0.25, -0.2) is 0 Å². The van der Waals surface area contributed by atoms with E-state index in [2.05, 4.69) is 57.2 Å². The Hall–Kier alpha value is -2.37. The third-order valence-electron chi connectivity index (χ3n) is 16.1. The molecule has 6 nitrogen and oxygen atoms in total. The van der Waals surface area contributed by atoms with Crippen LogP contribution in [0.15, 0.2) is 36.5 Å². The van der Waals surface area contributed by atoms with Crippen LogP contribution in [0.5, 0.6) is 0 Å². The van der Waals surface area contributed by atoms with Crippen molar-refractivity contribution in [1.82, 2.24) is 0 Å². The largest absolute Gasteiger partial charge is 0.462 e. The van der Waals surface area contributed by atoms with E-state index in [0.717, 1.165) is 70.6 Å². The van der Waals surface area contributed by atoms with E-state index in [0.29, 0.717) is 19.3 Å². The van der Waals surface area contributed by atoms with Crippen molar-refractivity contribution in [3.8, 4) is 0 Å². The zero-order valence-electron chi connectivity index (χ0n) is 53.4. The lowest BCUT2D eigenvalue weighted by atomic mass is 10.0. The molecule has 0 aromatic heterocycles. The molecule has 1 atom stereocenters. The fraction of sp³-hybridized carbons (Fsp3) is 0.877. The summed E-state index contributed by atoms with van der Waals surface area (Å²) >= 11 is 0. The van der Waals surface area contributed by atoms with Crippen molar-refractivity contribution in [3.05, 3.63) is 36.5 Å². The maximum absolute atomic E-state index is 12.9. The molecule has 0 rings (SSSR count). The van der Waals surface area contributed by atoms with Gasteiger partial charge in [0.15, 0.2) is 6.10 Å². The van der Waals surface area contributed by atoms with Crippen LogP contribution in [0.2, 0.25) is 0 Å². The first kappa shape index (κ1) is 76.6. The Labute approximate surface area is 493 Å². The zero-order valence-corrected chi connectivity index (χ0v) is 53.4. The van der Waals surface area contributed by atoms with Gasteiger partial charge >= 0.3 is 17.9 Å². The van der Waals surface area contributed by atoms with Gasteiger partial charge in [-0.15, -0.1) is 0 Å². The molecule has 0 saturated carbocycles. The molecular formula is C73H136O6. The fourth-order valence-corrected chi connectivity index (χ4v) is 10.8. The van der Waals surface area contributed by atoms with E-state index in [1.54, 1.807) is 0 Å². The number of carbonyl (C=O) groups excluding carboxylic acids is 3. The highest BCUT2D eigenvalue weighted by molar-refractivity contribution is 5.71. The first-order valence-electron chi connectivity index (χ1n) is 35.5. The molecule has 0 fully saturated rings. The molecule has 0 aliphatic rings. The molecule has 0 aromatic carbocycles. The van der Waals surface area contributed by atoms with Crippen LogP contribution >= 0.6 is 0 Å². The maximum atomic E-state index is 12.9. The zero-order chi connectivity index (χ0) is 57.1. The first-order chi connectivity index (χ1) is 39.0. The summed E-state index contributed by atoms with van der Waals surface area (Å²) in [4.78, 5) is 38.3. The Morgan fingerprint density at radius 2 is 0.456 bits per heavy atom. The average Bonchev–Trinajstić information content (AvgIpc) is 3.45. The van der Waals surface area contributed by atoms with Crippen LogP contribution in [-0.4, -0.2) is 37.2 Å². The molecule has 6 heteroatoms. The number of unbranched alkanes of at least 4 members (excludes halogenated alkanes) is 49. The van der Waals surface area contributed by atoms with Gasteiger partial charge in [0.1, 0.15) is 13.2 Å². The predicted octanol–water partition coefficient (Wildman–Crippen LogP) is 24.3. The van der Waals surface area contributed by atoms with Gasteiger partial charge in [-0.1, -0.05) is 333 Å². The Morgan fingerprint density at radius 1 is 0.253 bits per heavy atom. The molecule has 0 spiro atoms. The summed E-state index contributed by atoms with van der Waals surface area (Å²) in [6, 6.07) is 0. The van der Waals surface area contributed by atoms with Gasteiger partial charge in [0, 0.05) is 19.3 Å². The number of hydrogen-bond donors (Lipinski definition) is 0. The van der Waals surface area contributed by atoms with E-state index in [1.807, 2.05) is 0 Å². The first-order valence-corrected chi connectivity index (χ1v) is 35.5. The van der Waals surface area contributed by atoms with Crippen LogP contribution in [0.1, 0.15) is 393 Å². The summed E-state index contributed by atoms with van der Waals surface area (Å²) in [6.45, 7) is 6.68. The Balaban J connectivity index is 4.08. The highest BCUT2D eigenvalue weighted by atomic mass is 16.6. The summed E-state index contributed by atoms with van der Waals surface area (Å²) in [7, 11) is 0. The second-order valence-electron chi connectivity index (χ2n) is 24.1. The lowest BCUT2D eigenvalue weighted by Crippen LogP contribution is -2.30. The number of rotatable bonds is 66. The predicted molar refractivity (Wildman–Crippen MR) is 344 cm³/mol. The number of ether oxygens (including phenoxy) is 3. The smallest absolute Gasteiger partial charge is 0.306 e. The molecule has 464 valence electrons. The number of carbonyl (C=O) groups is 3. The molecule has 0 saturated heterocycles. The minimum atomic E-state index is -0.772. The highest BCUT2D eigenvalue weighted by Gasteiger charge is 2.19. The normalized spacial score (nSPS) is 12.2. The van der Waals surface area contributed by atoms with Crippen LogP contribution in [0.3, 0.4) is 0 Å².